The van der Waals surface area contributed by atoms with Gasteiger partial charge in [-0.05, 0) is 28.7 Å². The molecule has 0 bridgehead atoms. The van der Waals surface area contributed by atoms with Crippen LogP contribution >= 0.6 is 22.6 Å². The number of hydrogen-bond acceptors (Lipinski definition) is 2. The van der Waals surface area contributed by atoms with Crippen LogP contribution in [0.3, 0.4) is 0 Å². The Labute approximate surface area is 84.0 Å². The summed E-state index contributed by atoms with van der Waals surface area (Å²) in [6.45, 7) is 0. The van der Waals surface area contributed by atoms with Crippen LogP contribution in [0.2, 0.25) is 0 Å². The molecule has 0 aromatic heterocycles. The highest BCUT2D eigenvalue weighted by atomic mass is 127. The monoisotopic (exact) mass is 274 g/mol. The highest BCUT2D eigenvalue weighted by molar-refractivity contribution is 14.1. The van der Waals surface area contributed by atoms with E-state index in [9.17, 15) is 4.79 Å². The van der Waals surface area contributed by atoms with Crippen molar-refractivity contribution in [1.82, 2.24) is 4.90 Å². The summed E-state index contributed by atoms with van der Waals surface area (Å²) in [5.74, 6) is -0.0714. The lowest BCUT2D eigenvalue weighted by atomic mass is 10.1. The number of carbonyl (C=O) groups excluding carboxylic acids is 1. The van der Waals surface area contributed by atoms with Crippen LogP contribution in [0, 0.1) is 0 Å². The summed E-state index contributed by atoms with van der Waals surface area (Å²) >= 11 is 2.23. The molecule has 0 spiro atoms. The lowest BCUT2D eigenvalue weighted by molar-refractivity contribution is -0.120. The lowest BCUT2D eigenvalue weighted by Crippen LogP contribution is -2.33. The highest BCUT2D eigenvalue weighted by Gasteiger charge is 2.33. The van der Waals surface area contributed by atoms with Crippen LogP contribution in [0.25, 0.3) is 0 Å². The minimum atomic E-state index is -0.165. The van der Waals surface area contributed by atoms with Gasteiger partial charge in [-0.25, -0.2) is 4.99 Å². The van der Waals surface area contributed by atoms with Gasteiger partial charge in [0.05, 0.1) is 0 Å². The number of likely N-dealkylation sites (N-methyl/N-ethyl adjacent to an activating group) is 1. The van der Waals surface area contributed by atoms with Crippen LogP contribution in [-0.2, 0) is 4.79 Å². The van der Waals surface area contributed by atoms with E-state index in [1.54, 1.807) is 6.21 Å². The normalized spacial score (nSPS) is 27.0. The van der Waals surface area contributed by atoms with E-state index in [1.807, 2.05) is 24.2 Å². The standard InChI is InChI=1S/C8H7IN2O/c1-11-4-6(9)5-2-3-10-8(12)7(5)11/h2-4,7H,1H3. The molecule has 0 aromatic rings. The van der Waals surface area contributed by atoms with Crippen molar-refractivity contribution < 1.29 is 4.79 Å². The quantitative estimate of drug-likeness (QED) is 0.620. The number of fused-ring (bicyclic) bond motifs is 1. The molecule has 4 heteroatoms. The second kappa shape index (κ2) is 2.69. The maximum atomic E-state index is 11.3. The predicted molar refractivity (Wildman–Crippen MR) is 55.2 cm³/mol. The Kier molecular flexibility index (Phi) is 1.79. The maximum Gasteiger partial charge on any atom is 0.272 e. The molecule has 3 nitrogen and oxygen atoms in total. The molecule has 0 saturated heterocycles. The molecule has 0 fully saturated rings. The molecule has 2 heterocycles. The molecular weight excluding hydrogens is 267 g/mol. The molecule has 2 aliphatic rings. The van der Waals surface area contributed by atoms with Gasteiger partial charge in [-0.15, -0.1) is 0 Å². The molecule has 0 saturated carbocycles. The van der Waals surface area contributed by atoms with Crippen LogP contribution in [0.15, 0.2) is 26.4 Å². The first-order valence-electron chi connectivity index (χ1n) is 3.58. The van der Waals surface area contributed by atoms with Crippen LogP contribution in [-0.4, -0.2) is 30.1 Å². The maximum absolute atomic E-state index is 11.3. The van der Waals surface area contributed by atoms with E-state index in [0.717, 1.165) is 9.15 Å². The van der Waals surface area contributed by atoms with Crippen LogP contribution < -0.4 is 0 Å². The average Bonchev–Trinajstić information content (AvgIpc) is 2.29. The summed E-state index contributed by atoms with van der Waals surface area (Å²) in [4.78, 5) is 16.9. The number of dihydropyridines is 1. The first kappa shape index (κ1) is 7.97. The number of allylic oxidation sites excluding steroid dienone is 1. The fourth-order valence-electron chi connectivity index (χ4n) is 1.42. The molecule has 1 amide bonds. The van der Waals surface area contributed by atoms with Gasteiger partial charge in [0.1, 0.15) is 6.04 Å². The number of aliphatic imine (C=N–C) groups is 1. The van der Waals surface area contributed by atoms with E-state index >= 15 is 0 Å². The number of rotatable bonds is 0. The predicted octanol–water partition coefficient (Wildman–Crippen LogP) is 1.11. The fourth-order valence-corrected chi connectivity index (χ4v) is 2.33. The number of hydrogen-bond donors (Lipinski definition) is 0. The molecule has 0 radical (unpaired) electrons. The van der Waals surface area contributed by atoms with Crippen LogP contribution in [0.4, 0.5) is 0 Å². The zero-order valence-corrected chi connectivity index (χ0v) is 8.65. The molecule has 0 aromatic carbocycles. The molecular formula is C8H7IN2O. The summed E-state index contributed by atoms with van der Waals surface area (Å²) in [6, 6.07) is -0.165. The Hall–Kier alpha value is -0.650. The molecule has 0 N–H and O–H groups in total. The minimum Gasteiger partial charge on any atom is -0.364 e. The van der Waals surface area contributed by atoms with Crippen molar-refractivity contribution in [3.63, 3.8) is 0 Å². The highest BCUT2D eigenvalue weighted by Crippen LogP contribution is 2.32. The topological polar surface area (TPSA) is 32.7 Å². The summed E-state index contributed by atoms with van der Waals surface area (Å²) in [5, 5.41) is 0. The van der Waals surface area contributed by atoms with Crippen LogP contribution in [0.5, 0.6) is 0 Å². The Morgan fingerprint density at radius 2 is 2.42 bits per heavy atom. The van der Waals surface area contributed by atoms with Crippen molar-refractivity contribution in [3.8, 4) is 0 Å². The molecule has 1 unspecified atom stereocenters. The smallest absolute Gasteiger partial charge is 0.272 e. The van der Waals surface area contributed by atoms with E-state index in [-0.39, 0.29) is 11.9 Å². The molecule has 2 rings (SSSR count). The minimum absolute atomic E-state index is 0.0714. The van der Waals surface area contributed by atoms with Crippen molar-refractivity contribution in [2.75, 3.05) is 7.05 Å². The van der Waals surface area contributed by atoms with Gasteiger partial charge in [0.25, 0.3) is 5.91 Å². The van der Waals surface area contributed by atoms with Crippen LogP contribution in [0.1, 0.15) is 0 Å². The molecule has 12 heavy (non-hydrogen) atoms. The van der Waals surface area contributed by atoms with Gasteiger partial charge < -0.3 is 4.90 Å². The number of halogens is 1. The number of carbonyl (C=O) groups is 1. The second-order valence-corrected chi connectivity index (χ2v) is 3.95. The zero-order chi connectivity index (χ0) is 8.72. The average molecular weight is 274 g/mol. The molecule has 2 aliphatic heterocycles. The Morgan fingerprint density at radius 3 is 3.08 bits per heavy atom. The third kappa shape index (κ3) is 1.01. The van der Waals surface area contributed by atoms with Gasteiger partial charge in [0, 0.05) is 28.6 Å². The van der Waals surface area contributed by atoms with Gasteiger partial charge in [-0.3, -0.25) is 4.79 Å². The summed E-state index contributed by atoms with van der Waals surface area (Å²) in [5.41, 5.74) is 1.07. The lowest BCUT2D eigenvalue weighted by Gasteiger charge is -2.19. The van der Waals surface area contributed by atoms with Gasteiger partial charge in [0.15, 0.2) is 0 Å². The van der Waals surface area contributed by atoms with E-state index in [1.165, 1.54) is 0 Å². The van der Waals surface area contributed by atoms with Crippen molar-refractivity contribution in [2.45, 2.75) is 6.04 Å². The summed E-state index contributed by atoms with van der Waals surface area (Å²) in [6.07, 6.45) is 5.43. The van der Waals surface area contributed by atoms with Gasteiger partial charge in [0.2, 0.25) is 0 Å². The van der Waals surface area contributed by atoms with E-state index in [0.29, 0.717) is 0 Å². The van der Waals surface area contributed by atoms with E-state index in [4.69, 9.17) is 0 Å². The molecule has 0 aliphatic carbocycles. The van der Waals surface area contributed by atoms with Crippen molar-refractivity contribution >= 4 is 34.7 Å². The Balaban J connectivity index is 2.45. The van der Waals surface area contributed by atoms with E-state index in [2.05, 4.69) is 27.6 Å². The third-order valence-electron chi connectivity index (χ3n) is 1.98. The Morgan fingerprint density at radius 1 is 1.67 bits per heavy atom. The second-order valence-electron chi connectivity index (χ2n) is 2.78. The first-order valence-corrected chi connectivity index (χ1v) is 4.66. The summed E-state index contributed by atoms with van der Waals surface area (Å²) in [7, 11) is 1.89. The van der Waals surface area contributed by atoms with Gasteiger partial charge in [-0.2, -0.15) is 0 Å². The largest absolute Gasteiger partial charge is 0.364 e. The molecule has 62 valence electrons. The Bertz CT molecular complexity index is 330. The SMILES string of the molecule is CN1C=C(I)C2=CC=NC(=O)C21. The third-order valence-corrected chi connectivity index (χ3v) is 2.89. The van der Waals surface area contributed by atoms with Gasteiger partial charge >= 0.3 is 0 Å². The molecule has 1 atom stereocenters. The number of nitrogens with zero attached hydrogens (tertiary/aromatic N) is 2. The van der Waals surface area contributed by atoms with Crippen molar-refractivity contribution in [2.24, 2.45) is 4.99 Å². The zero-order valence-electron chi connectivity index (χ0n) is 6.49. The number of amides is 1. The first-order chi connectivity index (χ1) is 5.70. The van der Waals surface area contributed by atoms with Crippen molar-refractivity contribution in [3.05, 3.63) is 21.4 Å². The van der Waals surface area contributed by atoms with Crippen molar-refractivity contribution in [1.29, 1.82) is 0 Å². The van der Waals surface area contributed by atoms with E-state index < -0.39 is 0 Å². The summed E-state index contributed by atoms with van der Waals surface area (Å²) < 4.78 is 1.12. The fraction of sp³-hybridized carbons (Fsp3) is 0.250. The van der Waals surface area contributed by atoms with Gasteiger partial charge in [-0.1, -0.05) is 0 Å².